The highest BCUT2D eigenvalue weighted by Crippen LogP contribution is 2.09. The largest absolute Gasteiger partial charge is 0.340 e. The first-order valence-corrected chi connectivity index (χ1v) is 6.18. The lowest BCUT2D eigenvalue weighted by atomic mass is 10.2. The van der Waals surface area contributed by atoms with Gasteiger partial charge in [0.1, 0.15) is 12.4 Å². The molecule has 0 aliphatic heterocycles. The molecule has 19 heavy (non-hydrogen) atoms. The topological polar surface area (TPSA) is 56.0 Å². The van der Waals surface area contributed by atoms with Crippen LogP contribution in [0, 0.1) is 13.8 Å². The standard InChI is InChI=1S/C13H19N5O/c1-10-12(7-15-17(10)4)8-16(3)13(19)9-18-6-5-14-11(18)2/h5-7H,8-9H2,1-4H3. The van der Waals surface area contributed by atoms with Crippen molar-refractivity contribution in [2.45, 2.75) is 26.9 Å². The van der Waals surface area contributed by atoms with Gasteiger partial charge in [-0.15, -0.1) is 0 Å². The summed E-state index contributed by atoms with van der Waals surface area (Å²) in [6.45, 7) is 4.78. The fourth-order valence-corrected chi connectivity index (χ4v) is 1.88. The lowest BCUT2D eigenvalue weighted by Crippen LogP contribution is -2.30. The van der Waals surface area contributed by atoms with Gasteiger partial charge in [0.15, 0.2) is 0 Å². The van der Waals surface area contributed by atoms with E-state index >= 15 is 0 Å². The number of imidazole rings is 1. The Labute approximate surface area is 112 Å². The van der Waals surface area contributed by atoms with E-state index in [2.05, 4.69) is 10.1 Å². The smallest absolute Gasteiger partial charge is 0.242 e. The Hall–Kier alpha value is -2.11. The first kappa shape index (κ1) is 13.3. The molecule has 0 saturated heterocycles. The highest BCUT2D eigenvalue weighted by Gasteiger charge is 2.13. The summed E-state index contributed by atoms with van der Waals surface area (Å²) in [4.78, 5) is 18.0. The number of rotatable bonds is 4. The quantitative estimate of drug-likeness (QED) is 0.821. The van der Waals surface area contributed by atoms with Gasteiger partial charge in [0, 0.05) is 44.3 Å². The number of amides is 1. The highest BCUT2D eigenvalue weighted by molar-refractivity contribution is 5.75. The van der Waals surface area contributed by atoms with E-state index in [1.807, 2.05) is 42.5 Å². The molecule has 2 rings (SSSR count). The number of aromatic nitrogens is 4. The maximum absolute atomic E-state index is 12.1. The summed E-state index contributed by atoms with van der Waals surface area (Å²) in [7, 11) is 3.70. The van der Waals surface area contributed by atoms with Crippen LogP contribution in [0.3, 0.4) is 0 Å². The molecular weight excluding hydrogens is 242 g/mol. The van der Waals surface area contributed by atoms with E-state index in [9.17, 15) is 4.79 Å². The van der Waals surface area contributed by atoms with Crippen molar-refractivity contribution in [3.63, 3.8) is 0 Å². The van der Waals surface area contributed by atoms with Crippen molar-refractivity contribution in [2.24, 2.45) is 7.05 Å². The van der Waals surface area contributed by atoms with E-state index in [0.717, 1.165) is 17.1 Å². The SMILES string of the molecule is Cc1nccn1CC(=O)N(C)Cc1cnn(C)c1C. The van der Waals surface area contributed by atoms with Gasteiger partial charge >= 0.3 is 0 Å². The number of hydrogen-bond acceptors (Lipinski definition) is 3. The van der Waals surface area contributed by atoms with Crippen LogP contribution in [-0.2, 0) is 24.9 Å². The summed E-state index contributed by atoms with van der Waals surface area (Å²) in [5.74, 6) is 0.906. The minimum absolute atomic E-state index is 0.0596. The molecule has 0 spiro atoms. The molecule has 0 aromatic carbocycles. The minimum atomic E-state index is 0.0596. The lowest BCUT2D eigenvalue weighted by molar-refractivity contribution is -0.131. The Balaban J connectivity index is 2.00. The van der Waals surface area contributed by atoms with Crippen LogP contribution in [0.5, 0.6) is 0 Å². The summed E-state index contributed by atoms with van der Waals surface area (Å²) < 4.78 is 3.66. The fraction of sp³-hybridized carbons (Fsp3) is 0.462. The van der Waals surface area contributed by atoms with E-state index < -0.39 is 0 Å². The Morgan fingerprint density at radius 2 is 2.16 bits per heavy atom. The van der Waals surface area contributed by atoms with Crippen LogP contribution >= 0.6 is 0 Å². The third kappa shape index (κ3) is 2.83. The molecule has 2 aromatic rings. The van der Waals surface area contributed by atoms with E-state index in [0.29, 0.717) is 13.1 Å². The van der Waals surface area contributed by atoms with Gasteiger partial charge in [-0.25, -0.2) is 4.98 Å². The molecule has 2 heterocycles. The number of nitrogens with zero attached hydrogens (tertiary/aromatic N) is 5. The summed E-state index contributed by atoms with van der Waals surface area (Å²) in [5.41, 5.74) is 2.15. The zero-order valence-corrected chi connectivity index (χ0v) is 11.8. The number of hydrogen-bond donors (Lipinski definition) is 0. The molecule has 2 aromatic heterocycles. The van der Waals surface area contributed by atoms with Crippen LogP contribution in [0.4, 0.5) is 0 Å². The molecule has 0 aliphatic carbocycles. The average molecular weight is 261 g/mol. The van der Waals surface area contributed by atoms with Crippen LogP contribution in [0.25, 0.3) is 0 Å². The molecule has 0 N–H and O–H groups in total. The normalized spacial score (nSPS) is 10.7. The van der Waals surface area contributed by atoms with E-state index in [1.54, 1.807) is 18.1 Å². The Morgan fingerprint density at radius 3 is 2.68 bits per heavy atom. The number of carbonyl (C=O) groups is 1. The number of carbonyl (C=O) groups excluding carboxylic acids is 1. The van der Waals surface area contributed by atoms with Crippen molar-refractivity contribution >= 4 is 5.91 Å². The first-order chi connectivity index (χ1) is 8.99. The molecule has 102 valence electrons. The predicted octanol–water partition coefficient (Wildman–Crippen LogP) is 0.892. The van der Waals surface area contributed by atoms with E-state index in [-0.39, 0.29) is 5.91 Å². The molecule has 1 amide bonds. The van der Waals surface area contributed by atoms with E-state index in [4.69, 9.17) is 0 Å². The molecule has 0 unspecified atom stereocenters. The number of likely N-dealkylation sites (N-methyl/N-ethyl adjacent to an activating group) is 1. The molecule has 0 atom stereocenters. The Kier molecular flexibility index (Phi) is 3.69. The van der Waals surface area contributed by atoms with Gasteiger partial charge in [0.2, 0.25) is 5.91 Å². The van der Waals surface area contributed by atoms with E-state index in [1.165, 1.54) is 0 Å². The summed E-state index contributed by atoms with van der Waals surface area (Å²) >= 11 is 0. The van der Waals surface area contributed by atoms with Gasteiger partial charge in [0.05, 0.1) is 6.20 Å². The maximum atomic E-state index is 12.1. The van der Waals surface area contributed by atoms with Crippen LogP contribution in [0.15, 0.2) is 18.6 Å². The second-order valence-electron chi connectivity index (χ2n) is 4.73. The molecule has 0 fully saturated rings. The van der Waals surface area contributed by atoms with Crippen LogP contribution < -0.4 is 0 Å². The third-order valence-corrected chi connectivity index (χ3v) is 3.40. The van der Waals surface area contributed by atoms with Gasteiger partial charge in [-0.05, 0) is 13.8 Å². The Bertz CT molecular complexity index is 584. The van der Waals surface area contributed by atoms with Crippen molar-refractivity contribution in [3.8, 4) is 0 Å². The highest BCUT2D eigenvalue weighted by atomic mass is 16.2. The summed E-state index contributed by atoms with van der Waals surface area (Å²) in [6, 6.07) is 0. The fourth-order valence-electron chi connectivity index (χ4n) is 1.88. The minimum Gasteiger partial charge on any atom is -0.340 e. The van der Waals surface area contributed by atoms with Crippen molar-refractivity contribution in [2.75, 3.05) is 7.05 Å². The molecule has 0 aliphatic rings. The average Bonchev–Trinajstić information content (AvgIpc) is 2.90. The molecule has 0 saturated carbocycles. The van der Waals surface area contributed by atoms with Gasteiger partial charge < -0.3 is 9.47 Å². The predicted molar refractivity (Wildman–Crippen MR) is 71.4 cm³/mol. The first-order valence-electron chi connectivity index (χ1n) is 6.18. The van der Waals surface area contributed by atoms with Gasteiger partial charge in [-0.1, -0.05) is 0 Å². The zero-order chi connectivity index (χ0) is 14.0. The molecule has 6 nitrogen and oxygen atoms in total. The maximum Gasteiger partial charge on any atom is 0.242 e. The van der Waals surface area contributed by atoms with Gasteiger partial charge in [-0.2, -0.15) is 5.10 Å². The van der Waals surface area contributed by atoms with Crippen LogP contribution in [0.1, 0.15) is 17.1 Å². The van der Waals surface area contributed by atoms with Crippen molar-refractivity contribution in [1.29, 1.82) is 0 Å². The number of aryl methyl sites for hydroxylation is 2. The Morgan fingerprint density at radius 1 is 1.42 bits per heavy atom. The van der Waals surface area contributed by atoms with Crippen molar-refractivity contribution in [1.82, 2.24) is 24.2 Å². The molecule has 0 bridgehead atoms. The molecule has 0 radical (unpaired) electrons. The van der Waals surface area contributed by atoms with Crippen molar-refractivity contribution < 1.29 is 4.79 Å². The summed E-state index contributed by atoms with van der Waals surface area (Å²) in [6.07, 6.45) is 5.33. The third-order valence-electron chi connectivity index (χ3n) is 3.40. The van der Waals surface area contributed by atoms with Crippen LogP contribution in [0.2, 0.25) is 0 Å². The van der Waals surface area contributed by atoms with Crippen LogP contribution in [-0.4, -0.2) is 37.2 Å². The van der Waals surface area contributed by atoms with Gasteiger partial charge in [-0.3, -0.25) is 9.48 Å². The van der Waals surface area contributed by atoms with Crippen molar-refractivity contribution in [3.05, 3.63) is 35.7 Å². The lowest BCUT2D eigenvalue weighted by Gasteiger charge is -2.17. The summed E-state index contributed by atoms with van der Waals surface area (Å²) in [5, 5.41) is 4.18. The molecule has 6 heteroatoms. The molecular formula is C13H19N5O. The van der Waals surface area contributed by atoms with Gasteiger partial charge in [0.25, 0.3) is 0 Å². The second-order valence-corrected chi connectivity index (χ2v) is 4.73. The second kappa shape index (κ2) is 5.26. The monoisotopic (exact) mass is 261 g/mol. The zero-order valence-electron chi connectivity index (χ0n) is 11.8.